The van der Waals surface area contributed by atoms with Crippen LogP contribution in [0.25, 0.3) is 0 Å². The number of nitrogens with zero attached hydrogens (tertiary/aromatic N) is 2. The lowest BCUT2D eigenvalue weighted by Crippen LogP contribution is -2.36. The SMILES string of the molecule is Cc1cccc(Nc2cc(C(=O)NC3CCCCC3)ncn2)c1. The number of nitrogens with one attached hydrogen (secondary N) is 2. The fourth-order valence-corrected chi connectivity index (χ4v) is 2.93. The van der Waals surface area contributed by atoms with Gasteiger partial charge in [-0.2, -0.15) is 0 Å². The maximum atomic E-state index is 12.3. The monoisotopic (exact) mass is 310 g/mol. The lowest BCUT2D eigenvalue weighted by atomic mass is 9.95. The summed E-state index contributed by atoms with van der Waals surface area (Å²) in [6.45, 7) is 2.04. The molecule has 5 heteroatoms. The van der Waals surface area contributed by atoms with E-state index in [1.165, 1.54) is 31.2 Å². The Kier molecular flexibility index (Phi) is 4.86. The zero-order valence-electron chi connectivity index (χ0n) is 13.4. The first-order valence-corrected chi connectivity index (χ1v) is 8.17. The second-order valence-electron chi connectivity index (χ2n) is 6.09. The van der Waals surface area contributed by atoms with Gasteiger partial charge in [0, 0.05) is 17.8 Å². The summed E-state index contributed by atoms with van der Waals surface area (Å²) in [6.07, 6.45) is 7.19. The minimum absolute atomic E-state index is 0.119. The molecule has 2 N–H and O–H groups in total. The predicted octanol–water partition coefficient (Wildman–Crippen LogP) is 3.59. The molecule has 1 aromatic carbocycles. The van der Waals surface area contributed by atoms with Crippen molar-refractivity contribution in [2.24, 2.45) is 0 Å². The van der Waals surface area contributed by atoms with E-state index in [0.29, 0.717) is 11.5 Å². The van der Waals surface area contributed by atoms with Crippen LogP contribution < -0.4 is 10.6 Å². The summed E-state index contributed by atoms with van der Waals surface area (Å²) in [5.74, 6) is 0.506. The first kappa shape index (κ1) is 15.5. The van der Waals surface area contributed by atoms with Gasteiger partial charge in [0.05, 0.1) is 0 Å². The van der Waals surface area contributed by atoms with E-state index < -0.39 is 0 Å². The molecule has 0 saturated heterocycles. The Bertz CT molecular complexity index is 680. The van der Waals surface area contributed by atoms with Crippen LogP contribution in [0.4, 0.5) is 11.5 Å². The number of anilines is 2. The predicted molar refractivity (Wildman–Crippen MR) is 90.8 cm³/mol. The first-order valence-electron chi connectivity index (χ1n) is 8.17. The second-order valence-corrected chi connectivity index (χ2v) is 6.09. The van der Waals surface area contributed by atoms with Gasteiger partial charge in [-0.05, 0) is 37.5 Å². The van der Waals surface area contributed by atoms with Gasteiger partial charge in [0.15, 0.2) is 0 Å². The van der Waals surface area contributed by atoms with Crippen molar-refractivity contribution < 1.29 is 4.79 Å². The lowest BCUT2D eigenvalue weighted by molar-refractivity contribution is 0.0922. The van der Waals surface area contributed by atoms with Crippen LogP contribution in [0, 0.1) is 6.92 Å². The zero-order valence-corrected chi connectivity index (χ0v) is 13.4. The molecule has 0 unspecified atom stereocenters. The van der Waals surface area contributed by atoms with Gasteiger partial charge in [0.25, 0.3) is 5.91 Å². The van der Waals surface area contributed by atoms with Crippen LogP contribution in [0.2, 0.25) is 0 Å². The van der Waals surface area contributed by atoms with Gasteiger partial charge in [0.2, 0.25) is 0 Å². The molecule has 1 aromatic heterocycles. The van der Waals surface area contributed by atoms with E-state index in [-0.39, 0.29) is 11.9 Å². The highest BCUT2D eigenvalue weighted by Gasteiger charge is 2.17. The van der Waals surface area contributed by atoms with Crippen LogP contribution in [0.1, 0.15) is 48.2 Å². The summed E-state index contributed by atoms with van der Waals surface area (Å²) >= 11 is 0. The molecule has 1 heterocycles. The number of carbonyl (C=O) groups excluding carboxylic acids is 1. The molecule has 0 aliphatic heterocycles. The quantitative estimate of drug-likeness (QED) is 0.905. The third-order valence-electron chi connectivity index (χ3n) is 4.13. The van der Waals surface area contributed by atoms with Crippen LogP contribution in [0.15, 0.2) is 36.7 Å². The molecule has 0 atom stereocenters. The summed E-state index contributed by atoms with van der Waals surface area (Å²) in [6, 6.07) is 9.99. The van der Waals surface area contributed by atoms with E-state index in [9.17, 15) is 4.79 Å². The average Bonchev–Trinajstić information content (AvgIpc) is 2.56. The molecule has 23 heavy (non-hydrogen) atoms. The second kappa shape index (κ2) is 7.22. The van der Waals surface area contributed by atoms with E-state index in [0.717, 1.165) is 18.5 Å². The van der Waals surface area contributed by atoms with Crippen LogP contribution in [-0.2, 0) is 0 Å². The molecule has 1 amide bonds. The molecule has 1 aliphatic carbocycles. The minimum Gasteiger partial charge on any atom is -0.348 e. The topological polar surface area (TPSA) is 66.9 Å². The summed E-state index contributed by atoms with van der Waals surface area (Å²) < 4.78 is 0. The van der Waals surface area contributed by atoms with Gasteiger partial charge in [-0.1, -0.05) is 31.4 Å². The largest absolute Gasteiger partial charge is 0.348 e. The highest BCUT2D eigenvalue weighted by atomic mass is 16.1. The van der Waals surface area contributed by atoms with Crippen molar-refractivity contribution in [3.63, 3.8) is 0 Å². The van der Waals surface area contributed by atoms with Crippen molar-refractivity contribution >= 4 is 17.4 Å². The third kappa shape index (κ3) is 4.28. The van der Waals surface area contributed by atoms with E-state index >= 15 is 0 Å². The molecule has 1 fully saturated rings. The van der Waals surface area contributed by atoms with Gasteiger partial charge in [-0.25, -0.2) is 9.97 Å². The molecule has 0 radical (unpaired) electrons. The van der Waals surface area contributed by atoms with Crippen molar-refractivity contribution in [2.75, 3.05) is 5.32 Å². The summed E-state index contributed by atoms with van der Waals surface area (Å²) in [4.78, 5) is 20.6. The van der Waals surface area contributed by atoms with Crippen molar-refractivity contribution in [2.45, 2.75) is 45.1 Å². The van der Waals surface area contributed by atoms with E-state index in [2.05, 4.69) is 20.6 Å². The maximum absolute atomic E-state index is 12.3. The van der Waals surface area contributed by atoms with Gasteiger partial charge >= 0.3 is 0 Å². The van der Waals surface area contributed by atoms with Gasteiger partial charge in [0.1, 0.15) is 17.8 Å². The van der Waals surface area contributed by atoms with Crippen molar-refractivity contribution in [3.8, 4) is 0 Å². The Hall–Kier alpha value is -2.43. The van der Waals surface area contributed by atoms with Crippen molar-refractivity contribution in [1.29, 1.82) is 0 Å². The molecule has 120 valence electrons. The fourth-order valence-electron chi connectivity index (χ4n) is 2.93. The number of carbonyl (C=O) groups is 1. The Morgan fingerprint density at radius 2 is 1.96 bits per heavy atom. The maximum Gasteiger partial charge on any atom is 0.270 e. The minimum atomic E-state index is -0.119. The zero-order chi connectivity index (χ0) is 16.1. The van der Waals surface area contributed by atoms with E-state index in [1.54, 1.807) is 6.07 Å². The Balaban J connectivity index is 1.67. The van der Waals surface area contributed by atoms with Gasteiger partial charge in [-0.15, -0.1) is 0 Å². The molecular weight excluding hydrogens is 288 g/mol. The van der Waals surface area contributed by atoms with Crippen LogP contribution in [-0.4, -0.2) is 21.9 Å². The average molecular weight is 310 g/mol. The Labute approximate surface area is 136 Å². The standard InChI is InChI=1S/C18H22N4O/c1-13-6-5-9-15(10-13)21-17-11-16(19-12-20-17)18(23)22-14-7-3-2-4-8-14/h5-6,9-12,14H,2-4,7-8H2,1H3,(H,22,23)(H,19,20,21). The van der Waals surface area contributed by atoms with Crippen LogP contribution >= 0.6 is 0 Å². The molecule has 2 aromatic rings. The molecule has 3 rings (SSSR count). The summed E-state index contributed by atoms with van der Waals surface area (Å²) in [5, 5.41) is 6.29. The Morgan fingerprint density at radius 1 is 1.13 bits per heavy atom. The highest BCUT2D eigenvalue weighted by molar-refractivity contribution is 5.93. The van der Waals surface area contributed by atoms with Gasteiger partial charge in [-0.3, -0.25) is 4.79 Å². The Morgan fingerprint density at radius 3 is 2.74 bits per heavy atom. The van der Waals surface area contributed by atoms with E-state index in [1.807, 2.05) is 31.2 Å². The number of aryl methyl sites for hydroxylation is 1. The number of hydrogen-bond acceptors (Lipinski definition) is 4. The number of amides is 1. The third-order valence-corrected chi connectivity index (χ3v) is 4.13. The van der Waals surface area contributed by atoms with E-state index in [4.69, 9.17) is 0 Å². The number of hydrogen-bond donors (Lipinski definition) is 2. The molecule has 5 nitrogen and oxygen atoms in total. The molecule has 0 spiro atoms. The molecule has 1 aliphatic rings. The smallest absolute Gasteiger partial charge is 0.270 e. The summed E-state index contributed by atoms with van der Waals surface area (Å²) in [7, 11) is 0. The normalized spacial score (nSPS) is 15.2. The van der Waals surface area contributed by atoms with Crippen LogP contribution in [0.5, 0.6) is 0 Å². The number of benzene rings is 1. The van der Waals surface area contributed by atoms with Crippen molar-refractivity contribution in [1.82, 2.24) is 15.3 Å². The number of rotatable bonds is 4. The van der Waals surface area contributed by atoms with Crippen molar-refractivity contribution in [3.05, 3.63) is 47.9 Å². The highest BCUT2D eigenvalue weighted by Crippen LogP contribution is 2.19. The molecular formula is C18H22N4O. The molecule has 0 bridgehead atoms. The van der Waals surface area contributed by atoms with Gasteiger partial charge < -0.3 is 10.6 Å². The summed E-state index contributed by atoms with van der Waals surface area (Å²) in [5.41, 5.74) is 2.52. The first-order chi connectivity index (χ1) is 11.2. The molecule has 1 saturated carbocycles. The van der Waals surface area contributed by atoms with Crippen LogP contribution in [0.3, 0.4) is 0 Å². The number of aromatic nitrogens is 2. The lowest BCUT2D eigenvalue weighted by Gasteiger charge is -2.22. The fraction of sp³-hybridized carbons (Fsp3) is 0.389.